The van der Waals surface area contributed by atoms with Gasteiger partial charge in [0.25, 0.3) is 5.91 Å². The first kappa shape index (κ1) is 46.6. The zero-order valence-corrected chi connectivity index (χ0v) is 36.9. The Kier molecular flexibility index (Phi) is 16.9. The Morgan fingerprint density at radius 1 is 0.629 bits per heavy atom. The van der Waals surface area contributed by atoms with Crippen molar-refractivity contribution < 1.29 is 28.8 Å². The molecule has 2 aromatic carbocycles. The highest BCUT2D eigenvalue weighted by Crippen LogP contribution is 2.35. The molecule has 62 heavy (non-hydrogen) atoms. The van der Waals surface area contributed by atoms with E-state index >= 15 is 0 Å². The quantitative estimate of drug-likeness (QED) is 0.104. The standard InChI is InChI=1S/C47H69N9O6/c1-32(49-2)42(57)51-37(44(59)55-30-24-35-18-12-26-53(46(61)39(35)55)28-22-33-14-6-4-7-15-33)20-10-11-21-38(52-43(58)41(48)50-3)45(60)56-31-25-36-19-13-27-54(47(62)40(36)56)29-23-34-16-8-5-9-17-34/h4-9,14-17,32,35-41,49-50H,10-13,18-31,48H2,1-3H3,(H,51,57)(H,52,58)/t32-,35+,36+,37-,38-,39-,40-,41+/m0/s1. The minimum Gasteiger partial charge on any atom is -0.343 e. The van der Waals surface area contributed by atoms with E-state index in [0.29, 0.717) is 58.5 Å². The molecule has 4 heterocycles. The van der Waals surface area contributed by atoms with E-state index in [1.54, 1.807) is 30.8 Å². The lowest BCUT2D eigenvalue weighted by molar-refractivity contribution is -0.146. The van der Waals surface area contributed by atoms with Crippen LogP contribution in [0.25, 0.3) is 0 Å². The fourth-order valence-corrected chi connectivity index (χ4v) is 9.86. The number of nitrogens with two attached hydrogens (primary N) is 1. The second-order valence-corrected chi connectivity index (χ2v) is 17.6. The smallest absolute Gasteiger partial charge is 0.252 e. The molecule has 338 valence electrons. The average molecular weight is 856 g/mol. The molecular formula is C47H69N9O6. The number of benzene rings is 2. The molecule has 6 amide bonds. The van der Waals surface area contributed by atoms with Gasteiger partial charge in [-0.1, -0.05) is 73.5 Å². The Balaban J connectivity index is 1.13. The highest BCUT2D eigenvalue weighted by atomic mass is 16.2. The number of hydrogen-bond donors (Lipinski definition) is 5. The molecule has 6 N–H and O–H groups in total. The van der Waals surface area contributed by atoms with Gasteiger partial charge in [-0.2, -0.15) is 0 Å². The third-order valence-electron chi connectivity index (χ3n) is 13.7. The number of amides is 6. The Morgan fingerprint density at radius 2 is 1.06 bits per heavy atom. The maximum absolute atomic E-state index is 14.5. The van der Waals surface area contributed by atoms with Crippen LogP contribution in [-0.2, 0) is 41.6 Å². The fourth-order valence-electron chi connectivity index (χ4n) is 9.86. The van der Waals surface area contributed by atoms with E-state index in [0.717, 1.165) is 56.1 Å². The van der Waals surface area contributed by atoms with Gasteiger partial charge in [0.1, 0.15) is 30.3 Å². The number of hydrogen-bond acceptors (Lipinski definition) is 9. The Bertz CT molecular complexity index is 1700. The summed E-state index contributed by atoms with van der Waals surface area (Å²) in [5.41, 5.74) is 8.33. The van der Waals surface area contributed by atoms with Crippen LogP contribution in [0, 0.1) is 11.8 Å². The Labute approximate surface area is 367 Å². The lowest BCUT2D eigenvalue weighted by atomic mass is 9.95. The zero-order chi connectivity index (χ0) is 44.2. The van der Waals surface area contributed by atoms with Crippen molar-refractivity contribution in [2.45, 2.75) is 120 Å². The van der Waals surface area contributed by atoms with E-state index < -0.39 is 42.3 Å². The van der Waals surface area contributed by atoms with Crippen LogP contribution in [0.1, 0.15) is 82.3 Å². The van der Waals surface area contributed by atoms with Crippen LogP contribution in [0.3, 0.4) is 0 Å². The highest BCUT2D eigenvalue weighted by molar-refractivity contribution is 5.95. The lowest BCUT2D eigenvalue weighted by Gasteiger charge is -2.33. The summed E-state index contributed by atoms with van der Waals surface area (Å²) in [6.07, 6.45) is 6.67. The molecule has 0 radical (unpaired) electrons. The number of likely N-dealkylation sites (tertiary alicyclic amines) is 4. The van der Waals surface area contributed by atoms with Crippen molar-refractivity contribution in [3.8, 4) is 0 Å². The van der Waals surface area contributed by atoms with Crippen LogP contribution < -0.4 is 27.0 Å². The molecule has 0 spiro atoms. The van der Waals surface area contributed by atoms with Crippen LogP contribution >= 0.6 is 0 Å². The SMILES string of the molecule is CN[C@@H](C)C(=O)N[C@@H](CCCC[C@H](NC(=O)[C@H](N)NC)C(=O)N1CC[C@H]2CCCN(CCc3ccccc3)C(=O)[C@H]21)C(=O)N1CC[C@H]2CCCN(CCc3ccccc3)C(=O)[C@H]21. The number of fused-ring (bicyclic) bond motifs is 2. The van der Waals surface area contributed by atoms with Crippen molar-refractivity contribution >= 4 is 35.4 Å². The summed E-state index contributed by atoms with van der Waals surface area (Å²) in [5, 5.41) is 11.5. The van der Waals surface area contributed by atoms with E-state index in [1.165, 1.54) is 0 Å². The molecular weight excluding hydrogens is 787 g/mol. The number of rotatable bonds is 19. The van der Waals surface area contributed by atoms with Gasteiger partial charge in [-0.25, -0.2) is 0 Å². The molecule has 4 saturated heterocycles. The number of nitrogens with zero attached hydrogens (tertiary/aromatic N) is 4. The molecule has 4 aliphatic heterocycles. The van der Waals surface area contributed by atoms with Crippen molar-refractivity contribution in [3.05, 3.63) is 71.8 Å². The first-order valence-corrected chi connectivity index (χ1v) is 23.0. The van der Waals surface area contributed by atoms with Crippen LogP contribution in [0.5, 0.6) is 0 Å². The van der Waals surface area contributed by atoms with Gasteiger partial charge in [-0.3, -0.25) is 34.1 Å². The monoisotopic (exact) mass is 856 g/mol. The van der Waals surface area contributed by atoms with Gasteiger partial charge < -0.3 is 41.3 Å². The predicted molar refractivity (Wildman–Crippen MR) is 237 cm³/mol. The van der Waals surface area contributed by atoms with Gasteiger partial charge >= 0.3 is 0 Å². The minimum absolute atomic E-state index is 0.0320. The van der Waals surface area contributed by atoms with Crippen molar-refractivity contribution in [3.63, 3.8) is 0 Å². The topological polar surface area (TPSA) is 190 Å². The van der Waals surface area contributed by atoms with Crippen molar-refractivity contribution in [1.29, 1.82) is 0 Å². The van der Waals surface area contributed by atoms with E-state index in [-0.39, 0.29) is 54.2 Å². The maximum atomic E-state index is 14.5. The fraction of sp³-hybridized carbons (Fsp3) is 0.617. The molecule has 8 atom stereocenters. The molecule has 0 unspecified atom stereocenters. The van der Waals surface area contributed by atoms with E-state index in [4.69, 9.17) is 5.73 Å². The normalized spacial score (nSPS) is 23.4. The number of carbonyl (C=O) groups excluding carboxylic acids is 6. The number of likely N-dealkylation sites (N-methyl/N-ethyl adjacent to an activating group) is 2. The molecule has 4 fully saturated rings. The summed E-state index contributed by atoms with van der Waals surface area (Å²) in [4.78, 5) is 91.1. The zero-order valence-electron chi connectivity index (χ0n) is 36.9. The summed E-state index contributed by atoms with van der Waals surface area (Å²) in [6.45, 7) is 5.01. The van der Waals surface area contributed by atoms with Gasteiger partial charge in [0.2, 0.25) is 29.5 Å². The predicted octanol–water partition coefficient (Wildman–Crippen LogP) is 1.79. The maximum Gasteiger partial charge on any atom is 0.252 e. The number of unbranched alkanes of at least 4 members (excludes halogenated alkanes) is 1. The summed E-state index contributed by atoms with van der Waals surface area (Å²) in [7, 11) is 3.24. The molecule has 15 heteroatoms. The molecule has 0 aliphatic carbocycles. The molecule has 0 aromatic heterocycles. The average Bonchev–Trinajstić information content (AvgIpc) is 3.84. The van der Waals surface area contributed by atoms with E-state index in [2.05, 4.69) is 45.5 Å². The molecule has 6 rings (SSSR count). The molecule has 4 aliphatic rings. The lowest BCUT2D eigenvalue weighted by Crippen LogP contribution is -2.58. The Morgan fingerprint density at radius 3 is 1.48 bits per heavy atom. The summed E-state index contributed by atoms with van der Waals surface area (Å²) >= 11 is 0. The first-order valence-electron chi connectivity index (χ1n) is 23.0. The van der Waals surface area contributed by atoms with Gasteiger partial charge in [0.15, 0.2) is 0 Å². The van der Waals surface area contributed by atoms with Crippen LogP contribution in [0.4, 0.5) is 0 Å². The van der Waals surface area contributed by atoms with Gasteiger partial charge in [-0.15, -0.1) is 0 Å². The molecule has 0 bridgehead atoms. The van der Waals surface area contributed by atoms with Crippen molar-refractivity contribution in [2.75, 3.05) is 53.4 Å². The summed E-state index contributed by atoms with van der Waals surface area (Å²) in [5.74, 6) is -1.43. The van der Waals surface area contributed by atoms with Gasteiger partial charge in [0.05, 0.1) is 6.04 Å². The second kappa shape index (κ2) is 22.5. The molecule has 0 saturated carbocycles. The highest BCUT2D eigenvalue weighted by Gasteiger charge is 2.48. The molecule has 15 nitrogen and oxygen atoms in total. The summed E-state index contributed by atoms with van der Waals surface area (Å²) in [6, 6.07) is 16.5. The Hall–Kier alpha value is -4.86. The van der Waals surface area contributed by atoms with Crippen LogP contribution in [0.2, 0.25) is 0 Å². The second-order valence-electron chi connectivity index (χ2n) is 17.6. The minimum atomic E-state index is -1.04. The largest absolute Gasteiger partial charge is 0.343 e. The third kappa shape index (κ3) is 11.6. The molecule has 2 aromatic rings. The van der Waals surface area contributed by atoms with Crippen LogP contribution in [-0.4, -0.2) is 145 Å². The van der Waals surface area contributed by atoms with Crippen molar-refractivity contribution in [2.24, 2.45) is 17.6 Å². The number of nitrogens with one attached hydrogen (secondary N) is 4. The van der Waals surface area contributed by atoms with Gasteiger partial charge in [0, 0.05) is 39.3 Å². The van der Waals surface area contributed by atoms with Crippen molar-refractivity contribution in [1.82, 2.24) is 40.9 Å². The summed E-state index contributed by atoms with van der Waals surface area (Å²) < 4.78 is 0. The van der Waals surface area contributed by atoms with E-state index in [9.17, 15) is 28.8 Å². The number of carbonyl (C=O) groups is 6. The first-order chi connectivity index (χ1) is 30.0. The third-order valence-corrected chi connectivity index (χ3v) is 13.7. The van der Waals surface area contributed by atoms with Gasteiger partial charge in [-0.05, 0) is 108 Å². The van der Waals surface area contributed by atoms with Crippen LogP contribution in [0.15, 0.2) is 60.7 Å². The van der Waals surface area contributed by atoms with E-state index in [1.807, 2.05) is 46.2 Å².